The van der Waals surface area contributed by atoms with E-state index in [-0.39, 0.29) is 17.4 Å². The van der Waals surface area contributed by atoms with Crippen LogP contribution in [0.25, 0.3) is 0 Å². The Kier molecular flexibility index (Phi) is 2.96. The summed E-state index contributed by atoms with van der Waals surface area (Å²) in [6.45, 7) is 1.22. The number of carbonyl (C=O) groups excluding carboxylic acids is 1. The maximum Gasteiger partial charge on any atom is 0.270 e. The monoisotopic (exact) mass is 221 g/mol. The van der Waals surface area contributed by atoms with Crippen LogP contribution in [0.2, 0.25) is 0 Å². The number of nitro groups is 1. The SMILES string of the molecule is O=C(CC1COC1)c1cccc([N+](=O)[O-])c1. The molecule has 0 unspecified atom stereocenters. The summed E-state index contributed by atoms with van der Waals surface area (Å²) < 4.78 is 4.97. The summed E-state index contributed by atoms with van der Waals surface area (Å²) >= 11 is 0. The van der Waals surface area contributed by atoms with Crippen LogP contribution in [0.3, 0.4) is 0 Å². The van der Waals surface area contributed by atoms with Gasteiger partial charge in [0, 0.05) is 30.0 Å². The number of non-ortho nitro benzene ring substituents is 1. The second-order valence-corrected chi connectivity index (χ2v) is 3.84. The van der Waals surface area contributed by atoms with E-state index in [1.165, 1.54) is 18.2 Å². The Labute approximate surface area is 92.2 Å². The normalized spacial score (nSPS) is 15.5. The maximum absolute atomic E-state index is 11.7. The van der Waals surface area contributed by atoms with Crippen LogP contribution in [-0.4, -0.2) is 23.9 Å². The molecule has 0 aliphatic carbocycles. The van der Waals surface area contributed by atoms with Crippen LogP contribution < -0.4 is 0 Å². The number of ketones is 1. The quantitative estimate of drug-likeness (QED) is 0.441. The van der Waals surface area contributed by atoms with E-state index in [2.05, 4.69) is 0 Å². The molecule has 1 heterocycles. The van der Waals surface area contributed by atoms with E-state index < -0.39 is 4.92 Å². The topological polar surface area (TPSA) is 69.4 Å². The predicted molar refractivity (Wildman–Crippen MR) is 56.4 cm³/mol. The molecule has 1 aliphatic rings. The minimum Gasteiger partial charge on any atom is -0.381 e. The molecule has 0 aromatic heterocycles. The third-order valence-electron chi connectivity index (χ3n) is 2.56. The van der Waals surface area contributed by atoms with Gasteiger partial charge in [0.1, 0.15) is 0 Å². The van der Waals surface area contributed by atoms with Crippen molar-refractivity contribution < 1.29 is 14.5 Å². The number of ether oxygens (including phenoxy) is 1. The molecule has 16 heavy (non-hydrogen) atoms. The van der Waals surface area contributed by atoms with E-state index in [0.717, 1.165) is 0 Å². The lowest BCUT2D eigenvalue weighted by atomic mass is 9.97. The number of hydrogen-bond acceptors (Lipinski definition) is 4. The molecule has 5 nitrogen and oxygen atoms in total. The summed E-state index contributed by atoms with van der Waals surface area (Å²) in [6.07, 6.45) is 0.404. The largest absolute Gasteiger partial charge is 0.381 e. The molecule has 0 radical (unpaired) electrons. The second kappa shape index (κ2) is 4.40. The lowest BCUT2D eigenvalue weighted by molar-refractivity contribution is -0.384. The minimum absolute atomic E-state index is 0.0456. The van der Waals surface area contributed by atoms with Crippen LogP contribution in [0.5, 0.6) is 0 Å². The number of nitrogens with zero attached hydrogens (tertiary/aromatic N) is 1. The van der Waals surface area contributed by atoms with E-state index in [0.29, 0.717) is 25.2 Å². The average Bonchev–Trinajstić information content (AvgIpc) is 2.23. The van der Waals surface area contributed by atoms with Crippen molar-refractivity contribution in [3.05, 3.63) is 39.9 Å². The zero-order valence-corrected chi connectivity index (χ0v) is 8.59. The van der Waals surface area contributed by atoms with Crippen molar-refractivity contribution in [1.29, 1.82) is 0 Å². The van der Waals surface area contributed by atoms with Gasteiger partial charge < -0.3 is 4.74 Å². The maximum atomic E-state index is 11.7. The van der Waals surface area contributed by atoms with Gasteiger partial charge in [-0.2, -0.15) is 0 Å². The summed E-state index contributed by atoms with van der Waals surface area (Å²) in [5.41, 5.74) is 0.358. The number of benzene rings is 1. The van der Waals surface area contributed by atoms with E-state index in [1.807, 2.05) is 0 Å². The van der Waals surface area contributed by atoms with Gasteiger partial charge in [0.05, 0.1) is 18.1 Å². The summed E-state index contributed by atoms with van der Waals surface area (Å²) in [5.74, 6) is 0.212. The summed E-state index contributed by atoms with van der Waals surface area (Å²) in [4.78, 5) is 21.8. The summed E-state index contributed by atoms with van der Waals surface area (Å²) in [7, 11) is 0. The highest BCUT2D eigenvalue weighted by Gasteiger charge is 2.22. The van der Waals surface area contributed by atoms with Crippen LogP contribution in [0.1, 0.15) is 16.8 Å². The Morgan fingerprint density at radius 2 is 2.25 bits per heavy atom. The Morgan fingerprint density at radius 3 is 2.81 bits per heavy atom. The first-order valence-electron chi connectivity index (χ1n) is 5.02. The molecule has 1 aromatic rings. The highest BCUT2D eigenvalue weighted by atomic mass is 16.6. The molecule has 0 atom stereocenters. The van der Waals surface area contributed by atoms with Crippen LogP contribution in [0.4, 0.5) is 5.69 Å². The Hall–Kier alpha value is -1.75. The standard InChI is InChI=1S/C11H11NO4/c13-11(4-8-6-16-7-8)9-2-1-3-10(5-9)12(14)15/h1-3,5,8H,4,6-7H2. The number of hydrogen-bond donors (Lipinski definition) is 0. The molecule has 0 N–H and O–H groups in total. The first-order valence-corrected chi connectivity index (χ1v) is 5.02. The molecule has 84 valence electrons. The van der Waals surface area contributed by atoms with Crippen LogP contribution >= 0.6 is 0 Å². The van der Waals surface area contributed by atoms with Crippen molar-refractivity contribution >= 4 is 11.5 Å². The van der Waals surface area contributed by atoms with Gasteiger partial charge in [-0.25, -0.2) is 0 Å². The lowest BCUT2D eigenvalue weighted by Gasteiger charge is -2.24. The van der Waals surface area contributed by atoms with Crippen LogP contribution in [-0.2, 0) is 4.74 Å². The smallest absolute Gasteiger partial charge is 0.270 e. The van der Waals surface area contributed by atoms with Gasteiger partial charge in [-0.3, -0.25) is 14.9 Å². The fraction of sp³-hybridized carbons (Fsp3) is 0.364. The average molecular weight is 221 g/mol. The van der Waals surface area contributed by atoms with Gasteiger partial charge in [0.2, 0.25) is 0 Å². The Morgan fingerprint density at radius 1 is 1.50 bits per heavy atom. The van der Waals surface area contributed by atoms with E-state index >= 15 is 0 Å². The molecule has 2 rings (SSSR count). The molecule has 0 bridgehead atoms. The third kappa shape index (κ3) is 2.25. The molecule has 0 amide bonds. The zero-order chi connectivity index (χ0) is 11.5. The van der Waals surface area contributed by atoms with Gasteiger partial charge in [0.25, 0.3) is 5.69 Å². The minimum atomic E-state index is -0.497. The number of nitro benzene ring substituents is 1. The number of rotatable bonds is 4. The highest BCUT2D eigenvalue weighted by molar-refractivity contribution is 5.96. The third-order valence-corrected chi connectivity index (χ3v) is 2.56. The molecule has 1 aromatic carbocycles. The van der Waals surface area contributed by atoms with Crippen molar-refractivity contribution in [2.24, 2.45) is 5.92 Å². The fourth-order valence-electron chi connectivity index (χ4n) is 1.58. The molecule has 5 heteroatoms. The molecule has 1 fully saturated rings. The van der Waals surface area contributed by atoms with Crippen molar-refractivity contribution in [3.63, 3.8) is 0 Å². The van der Waals surface area contributed by atoms with E-state index in [4.69, 9.17) is 4.74 Å². The molecule has 0 saturated carbocycles. The van der Waals surface area contributed by atoms with Crippen molar-refractivity contribution in [2.45, 2.75) is 6.42 Å². The van der Waals surface area contributed by atoms with Gasteiger partial charge in [-0.15, -0.1) is 0 Å². The van der Waals surface area contributed by atoms with Gasteiger partial charge >= 0.3 is 0 Å². The van der Waals surface area contributed by atoms with E-state index in [1.54, 1.807) is 6.07 Å². The highest BCUT2D eigenvalue weighted by Crippen LogP contribution is 2.20. The van der Waals surface area contributed by atoms with Crippen molar-refractivity contribution in [3.8, 4) is 0 Å². The molecule has 1 aliphatic heterocycles. The van der Waals surface area contributed by atoms with Gasteiger partial charge in [-0.1, -0.05) is 12.1 Å². The lowest BCUT2D eigenvalue weighted by Crippen LogP contribution is -2.29. The van der Waals surface area contributed by atoms with Crippen molar-refractivity contribution in [1.82, 2.24) is 0 Å². The van der Waals surface area contributed by atoms with Gasteiger partial charge in [0.15, 0.2) is 5.78 Å². The molecule has 1 saturated heterocycles. The summed E-state index contributed by atoms with van der Waals surface area (Å²) in [5, 5.41) is 10.5. The number of Topliss-reactive ketones (excluding diaryl/α,β-unsaturated/α-hetero) is 1. The zero-order valence-electron chi connectivity index (χ0n) is 8.59. The van der Waals surface area contributed by atoms with Gasteiger partial charge in [-0.05, 0) is 0 Å². The van der Waals surface area contributed by atoms with E-state index in [9.17, 15) is 14.9 Å². The Balaban J connectivity index is 2.09. The van der Waals surface area contributed by atoms with Crippen molar-refractivity contribution in [2.75, 3.05) is 13.2 Å². The molecular formula is C11H11NO4. The molecular weight excluding hydrogens is 210 g/mol. The first-order chi connectivity index (χ1) is 7.66. The first kappa shape index (κ1) is 10.8. The van der Waals surface area contributed by atoms with Crippen LogP contribution in [0.15, 0.2) is 24.3 Å². The van der Waals surface area contributed by atoms with Crippen LogP contribution in [0, 0.1) is 16.0 Å². The second-order valence-electron chi connectivity index (χ2n) is 3.84. The Bertz CT molecular complexity index is 426. The fourth-order valence-corrected chi connectivity index (χ4v) is 1.58. The predicted octanol–water partition coefficient (Wildman–Crippen LogP) is 1.81. The number of carbonyl (C=O) groups is 1. The molecule has 0 spiro atoms. The summed E-state index contributed by atoms with van der Waals surface area (Å²) in [6, 6.07) is 5.84.